The van der Waals surface area contributed by atoms with Gasteiger partial charge < -0.3 is 14.4 Å². The van der Waals surface area contributed by atoms with E-state index in [9.17, 15) is 0 Å². The van der Waals surface area contributed by atoms with Crippen molar-refractivity contribution < 1.29 is 9.47 Å². The monoisotopic (exact) mass is 276 g/mol. The average molecular weight is 276 g/mol. The molecule has 0 unspecified atom stereocenters. The van der Waals surface area contributed by atoms with E-state index in [2.05, 4.69) is 16.0 Å². The molecule has 2 aliphatic heterocycles. The second-order valence-corrected chi connectivity index (χ2v) is 5.70. The lowest BCUT2D eigenvalue weighted by Gasteiger charge is -2.33. The Hall–Kier alpha value is -1.13. The van der Waals surface area contributed by atoms with Crippen LogP contribution in [0.2, 0.25) is 0 Å². The van der Waals surface area contributed by atoms with E-state index in [0.29, 0.717) is 12.2 Å². The number of nitrogens with zero attached hydrogens (tertiary/aromatic N) is 2. The maximum atomic E-state index is 6.03. The van der Waals surface area contributed by atoms with E-state index in [0.717, 1.165) is 51.4 Å². The Labute approximate surface area is 121 Å². The van der Waals surface area contributed by atoms with Crippen LogP contribution < -0.4 is 4.90 Å². The van der Waals surface area contributed by atoms with Gasteiger partial charge in [-0.2, -0.15) is 0 Å². The number of piperidine rings is 1. The molecule has 2 saturated heterocycles. The van der Waals surface area contributed by atoms with Crippen LogP contribution in [0.1, 0.15) is 32.1 Å². The molecule has 0 saturated carbocycles. The van der Waals surface area contributed by atoms with E-state index in [1.807, 2.05) is 18.3 Å². The third kappa shape index (κ3) is 3.70. The van der Waals surface area contributed by atoms with Gasteiger partial charge in [-0.3, -0.25) is 0 Å². The molecule has 2 aliphatic rings. The molecule has 0 radical (unpaired) electrons. The first-order valence-electron chi connectivity index (χ1n) is 7.81. The van der Waals surface area contributed by atoms with Crippen molar-refractivity contribution in [3.8, 4) is 0 Å². The van der Waals surface area contributed by atoms with Gasteiger partial charge in [-0.25, -0.2) is 4.98 Å². The lowest BCUT2D eigenvalue weighted by molar-refractivity contribution is -0.0672. The molecule has 0 bridgehead atoms. The van der Waals surface area contributed by atoms with Gasteiger partial charge in [0.05, 0.1) is 18.8 Å². The van der Waals surface area contributed by atoms with Gasteiger partial charge in [0.2, 0.25) is 0 Å². The van der Waals surface area contributed by atoms with Crippen LogP contribution in [0.5, 0.6) is 0 Å². The topological polar surface area (TPSA) is 34.6 Å². The highest BCUT2D eigenvalue weighted by Crippen LogP contribution is 2.20. The molecule has 4 nitrogen and oxygen atoms in total. The summed E-state index contributed by atoms with van der Waals surface area (Å²) in [5.74, 6) is 1.08. The maximum absolute atomic E-state index is 6.03. The van der Waals surface area contributed by atoms with Crippen molar-refractivity contribution in [3.05, 3.63) is 24.4 Å². The lowest BCUT2D eigenvalue weighted by atomic mass is 10.1. The predicted molar refractivity (Wildman–Crippen MR) is 79.0 cm³/mol. The summed E-state index contributed by atoms with van der Waals surface area (Å²) in [6.07, 6.45) is 8.40. The van der Waals surface area contributed by atoms with Crippen molar-refractivity contribution in [2.75, 3.05) is 31.2 Å². The van der Waals surface area contributed by atoms with E-state index >= 15 is 0 Å². The Bertz CT molecular complexity index is 385. The van der Waals surface area contributed by atoms with Gasteiger partial charge in [-0.15, -0.1) is 0 Å². The van der Waals surface area contributed by atoms with Crippen LogP contribution >= 0.6 is 0 Å². The van der Waals surface area contributed by atoms with Crippen molar-refractivity contribution in [1.82, 2.24) is 4.98 Å². The van der Waals surface area contributed by atoms with E-state index in [1.54, 1.807) is 0 Å². The molecular formula is C16H24N2O2. The minimum Gasteiger partial charge on any atom is -0.376 e. The molecule has 0 amide bonds. The molecular weight excluding hydrogens is 252 g/mol. The van der Waals surface area contributed by atoms with Gasteiger partial charge in [-0.05, 0) is 44.2 Å². The minimum atomic E-state index is 0.331. The summed E-state index contributed by atoms with van der Waals surface area (Å²) in [4.78, 5) is 6.76. The summed E-state index contributed by atoms with van der Waals surface area (Å²) in [5, 5.41) is 0. The van der Waals surface area contributed by atoms with E-state index in [4.69, 9.17) is 9.47 Å². The zero-order valence-corrected chi connectivity index (χ0v) is 12.0. The Morgan fingerprint density at radius 1 is 1.20 bits per heavy atom. The highest BCUT2D eigenvalue weighted by Gasteiger charge is 2.22. The molecule has 20 heavy (non-hydrogen) atoms. The number of pyridine rings is 1. The molecule has 3 heterocycles. The first-order valence-corrected chi connectivity index (χ1v) is 7.81. The third-order valence-electron chi connectivity index (χ3n) is 4.21. The van der Waals surface area contributed by atoms with Crippen LogP contribution in [-0.2, 0) is 9.47 Å². The van der Waals surface area contributed by atoms with E-state index in [1.165, 1.54) is 12.8 Å². The second kappa shape index (κ2) is 7.04. The molecule has 1 atom stereocenters. The summed E-state index contributed by atoms with van der Waals surface area (Å²) in [6, 6.07) is 6.09. The molecule has 2 fully saturated rings. The van der Waals surface area contributed by atoms with Crippen molar-refractivity contribution in [2.24, 2.45) is 0 Å². The third-order valence-corrected chi connectivity index (χ3v) is 4.21. The Balaban J connectivity index is 1.40. The maximum Gasteiger partial charge on any atom is 0.128 e. The quantitative estimate of drug-likeness (QED) is 0.847. The molecule has 0 aliphatic carbocycles. The van der Waals surface area contributed by atoms with E-state index in [-0.39, 0.29) is 0 Å². The number of ether oxygens (including phenoxy) is 2. The van der Waals surface area contributed by atoms with Gasteiger partial charge in [0.15, 0.2) is 0 Å². The Morgan fingerprint density at radius 2 is 2.10 bits per heavy atom. The van der Waals surface area contributed by atoms with Crippen LogP contribution in [0.25, 0.3) is 0 Å². The number of hydrogen-bond donors (Lipinski definition) is 0. The van der Waals surface area contributed by atoms with Crippen molar-refractivity contribution in [3.63, 3.8) is 0 Å². The van der Waals surface area contributed by atoms with Crippen LogP contribution in [0.4, 0.5) is 5.82 Å². The summed E-state index contributed by atoms with van der Waals surface area (Å²) < 4.78 is 11.7. The van der Waals surface area contributed by atoms with Crippen LogP contribution in [0.15, 0.2) is 24.4 Å². The highest BCUT2D eigenvalue weighted by atomic mass is 16.5. The largest absolute Gasteiger partial charge is 0.376 e. The molecule has 1 aromatic heterocycles. The van der Waals surface area contributed by atoms with Gasteiger partial charge in [0.25, 0.3) is 0 Å². The molecule has 0 aromatic carbocycles. The van der Waals surface area contributed by atoms with Crippen molar-refractivity contribution >= 4 is 5.82 Å². The van der Waals surface area contributed by atoms with Crippen LogP contribution in [0, 0.1) is 0 Å². The second-order valence-electron chi connectivity index (χ2n) is 5.70. The Kier molecular flexibility index (Phi) is 4.87. The fourth-order valence-corrected chi connectivity index (χ4v) is 2.97. The van der Waals surface area contributed by atoms with Gasteiger partial charge in [0, 0.05) is 25.9 Å². The molecule has 4 heteroatoms. The van der Waals surface area contributed by atoms with Gasteiger partial charge in [0.1, 0.15) is 5.82 Å². The smallest absolute Gasteiger partial charge is 0.128 e. The lowest BCUT2D eigenvalue weighted by Crippen LogP contribution is -2.38. The summed E-state index contributed by atoms with van der Waals surface area (Å²) in [7, 11) is 0. The van der Waals surface area contributed by atoms with Gasteiger partial charge >= 0.3 is 0 Å². The standard InChI is InChI=1S/C16H24N2O2/c1-3-9-17-16(6-1)18-10-7-14(8-11-18)20-13-15-5-2-4-12-19-15/h1,3,6,9,14-15H,2,4-5,7-8,10-13H2/t15-/m1/s1. The Morgan fingerprint density at radius 3 is 2.80 bits per heavy atom. The van der Waals surface area contributed by atoms with Crippen LogP contribution in [0.3, 0.4) is 0 Å². The zero-order chi connectivity index (χ0) is 13.6. The molecule has 0 N–H and O–H groups in total. The summed E-state index contributed by atoms with van der Waals surface area (Å²) >= 11 is 0. The molecule has 0 spiro atoms. The van der Waals surface area contributed by atoms with Gasteiger partial charge in [-0.1, -0.05) is 6.07 Å². The van der Waals surface area contributed by atoms with E-state index < -0.39 is 0 Å². The molecule has 110 valence electrons. The summed E-state index contributed by atoms with van der Waals surface area (Å²) in [6.45, 7) is 3.75. The minimum absolute atomic E-state index is 0.331. The molecule has 3 rings (SSSR count). The number of rotatable bonds is 4. The summed E-state index contributed by atoms with van der Waals surface area (Å²) in [5.41, 5.74) is 0. The fraction of sp³-hybridized carbons (Fsp3) is 0.688. The zero-order valence-electron chi connectivity index (χ0n) is 12.0. The fourth-order valence-electron chi connectivity index (χ4n) is 2.97. The number of aromatic nitrogens is 1. The predicted octanol–water partition coefficient (Wildman–Crippen LogP) is 2.64. The molecule has 1 aromatic rings. The number of anilines is 1. The van der Waals surface area contributed by atoms with Crippen molar-refractivity contribution in [2.45, 2.75) is 44.3 Å². The van der Waals surface area contributed by atoms with Crippen molar-refractivity contribution in [1.29, 1.82) is 0 Å². The average Bonchev–Trinajstić information content (AvgIpc) is 2.55. The number of hydrogen-bond acceptors (Lipinski definition) is 4. The highest BCUT2D eigenvalue weighted by molar-refractivity contribution is 5.37. The SMILES string of the molecule is c1ccc(N2CCC(OC[C@H]3CCCCO3)CC2)nc1. The normalized spacial score (nSPS) is 24.8. The first kappa shape index (κ1) is 13.8. The first-order chi connectivity index (χ1) is 9.92. The van der Waals surface area contributed by atoms with Crippen LogP contribution in [-0.4, -0.2) is 43.5 Å².